The Morgan fingerprint density at radius 3 is 2.78 bits per heavy atom. The Labute approximate surface area is 136 Å². The fourth-order valence-corrected chi connectivity index (χ4v) is 2.47. The molecule has 0 unspecified atom stereocenters. The Bertz CT molecular complexity index is 681. The molecule has 2 amide bonds. The number of rotatable bonds is 5. The van der Waals surface area contributed by atoms with Crippen LogP contribution < -0.4 is 10.6 Å². The zero-order valence-corrected chi connectivity index (χ0v) is 14.0. The van der Waals surface area contributed by atoms with Crippen LogP contribution in [-0.4, -0.2) is 27.5 Å². The van der Waals surface area contributed by atoms with E-state index in [4.69, 9.17) is 0 Å². The minimum atomic E-state index is -0.773. The average Bonchev–Trinajstić information content (AvgIpc) is 2.93. The van der Waals surface area contributed by atoms with Crippen LogP contribution in [0, 0.1) is 13.8 Å². The molecule has 3 N–H and O–H groups in total. The van der Waals surface area contributed by atoms with Crippen molar-refractivity contribution >= 4 is 6.03 Å². The monoisotopic (exact) mass is 316 g/mol. The molecule has 2 rings (SSSR count). The minimum Gasteiger partial charge on any atom is -0.386 e. The first-order chi connectivity index (χ1) is 10.9. The number of aliphatic hydroxyl groups is 1. The van der Waals surface area contributed by atoms with Crippen molar-refractivity contribution in [2.75, 3.05) is 6.54 Å². The van der Waals surface area contributed by atoms with Crippen molar-refractivity contribution in [3.8, 4) is 0 Å². The minimum absolute atomic E-state index is 0.106. The second-order valence-electron chi connectivity index (χ2n) is 5.90. The molecule has 1 aromatic carbocycles. The number of amides is 2. The number of carbonyl (C=O) groups excluding carboxylic acids is 1. The second kappa shape index (κ2) is 7.28. The number of nitrogens with zero attached hydrogens (tertiary/aromatic N) is 2. The number of nitrogens with one attached hydrogen (secondary N) is 2. The lowest BCUT2D eigenvalue weighted by Crippen LogP contribution is -2.39. The van der Waals surface area contributed by atoms with E-state index < -0.39 is 6.10 Å². The smallest absolute Gasteiger partial charge is 0.315 e. The molecule has 0 fully saturated rings. The zero-order chi connectivity index (χ0) is 17.0. The maximum Gasteiger partial charge on any atom is 0.315 e. The van der Waals surface area contributed by atoms with Gasteiger partial charge in [0.1, 0.15) is 0 Å². The summed E-state index contributed by atoms with van der Waals surface area (Å²) in [7, 11) is 1.78. The Morgan fingerprint density at radius 2 is 2.13 bits per heavy atom. The van der Waals surface area contributed by atoms with Crippen LogP contribution in [0.15, 0.2) is 30.6 Å². The van der Waals surface area contributed by atoms with Crippen LogP contribution in [0.4, 0.5) is 4.79 Å². The van der Waals surface area contributed by atoms with Gasteiger partial charge < -0.3 is 15.7 Å². The summed E-state index contributed by atoms with van der Waals surface area (Å²) < 4.78 is 1.61. The van der Waals surface area contributed by atoms with Gasteiger partial charge in [-0.15, -0.1) is 0 Å². The molecule has 0 aliphatic heterocycles. The topological polar surface area (TPSA) is 79.2 Å². The first kappa shape index (κ1) is 17.0. The molecule has 2 atom stereocenters. The fourth-order valence-electron chi connectivity index (χ4n) is 2.47. The summed E-state index contributed by atoms with van der Waals surface area (Å²) in [4.78, 5) is 12.0. The van der Waals surface area contributed by atoms with Gasteiger partial charge in [-0.2, -0.15) is 5.10 Å². The molecule has 0 bridgehead atoms. The lowest BCUT2D eigenvalue weighted by atomic mass is 10.0. The highest BCUT2D eigenvalue weighted by Gasteiger charge is 2.14. The van der Waals surface area contributed by atoms with E-state index in [9.17, 15) is 9.90 Å². The summed E-state index contributed by atoms with van der Waals surface area (Å²) in [6.45, 7) is 6.13. The molecule has 0 aliphatic carbocycles. The van der Waals surface area contributed by atoms with Gasteiger partial charge in [-0.3, -0.25) is 4.68 Å². The number of aromatic nitrogens is 2. The Balaban J connectivity index is 1.88. The van der Waals surface area contributed by atoms with Crippen molar-refractivity contribution < 1.29 is 9.90 Å². The van der Waals surface area contributed by atoms with Gasteiger partial charge in [-0.1, -0.05) is 23.8 Å². The molecule has 2 aromatic rings. The van der Waals surface area contributed by atoms with Crippen LogP contribution in [0.5, 0.6) is 0 Å². The van der Waals surface area contributed by atoms with E-state index >= 15 is 0 Å². The predicted molar refractivity (Wildman–Crippen MR) is 89.0 cm³/mol. The van der Waals surface area contributed by atoms with E-state index in [2.05, 4.69) is 27.9 Å². The molecule has 6 heteroatoms. The van der Waals surface area contributed by atoms with E-state index in [1.807, 2.05) is 26.8 Å². The van der Waals surface area contributed by atoms with Crippen molar-refractivity contribution in [3.05, 3.63) is 52.8 Å². The molecule has 1 heterocycles. The van der Waals surface area contributed by atoms with Crippen LogP contribution in [0.2, 0.25) is 0 Å². The normalized spacial score (nSPS) is 13.4. The number of benzene rings is 1. The average molecular weight is 316 g/mol. The van der Waals surface area contributed by atoms with Crippen LogP contribution in [0.1, 0.15) is 41.3 Å². The van der Waals surface area contributed by atoms with Gasteiger partial charge >= 0.3 is 6.03 Å². The van der Waals surface area contributed by atoms with E-state index in [0.717, 1.165) is 16.7 Å². The van der Waals surface area contributed by atoms with Gasteiger partial charge in [0, 0.05) is 25.4 Å². The van der Waals surface area contributed by atoms with Gasteiger partial charge in [-0.25, -0.2) is 4.79 Å². The second-order valence-corrected chi connectivity index (χ2v) is 5.90. The summed E-state index contributed by atoms with van der Waals surface area (Å²) in [5, 5.41) is 19.6. The molecular formula is C17H24N4O2. The molecule has 0 aliphatic rings. The van der Waals surface area contributed by atoms with Crippen molar-refractivity contribution in [2.45, 2.75) is 32.9 Å². The third-order valence-corrected chi connectivity index (χ3v) is 3.81. The predicted octanol–water partition coefficient (Wildman–Crippen LogP) is 2.13. The lowest BCUT2D eigenvalue weighted by molar-refractivity contribution is 0.172. The highest BCUT2D eigenvalue weighted by molar-refractivity contribution is 5.74. The summed E-state index contributed by atoms with van der Waals surface area (Å²) in [5.74, 6) is 0. The molecule has 23 heavy (non-hydrogen) atoms. The first-order valence-electron chi connectivity index (χ1n) is 7.65. The lowest BCUT2D eigenvalue weighted by Gasteiger charge is -2.18. The van der Waals surface area contributed by atoms with Crippen molar-refractivity contribution in [1.82, 2.24) is 20.4 Å². The van der Waals surface area contributed by atoms with E-state index in [1.54, 1.807) is 24.1 Å². The summed E-state index contributed by atoms with van der Waals surface area (Å²) in [5.41, 5.74) is 4.06. The van der Waals surface area contributed by atoms with E-state index in [0.29, 0.717) is 5.56 Å². The molecular weight excluding hydrogens is 292 g/mol. The summed E-state index contributed by atoms with van der Waals surface area (Å²) in [6.07, 6.45) is 2.54. The Kier molecular flexibility index (Phi) is 5.39. The largest absolute Gasteiger partial charge is 0.386 e. The number of aryl methyl sites for hydroxylation is 3. The van der Waals surface area contributed by atoms with Crippen LogP contribution in [0.3, 0.4) is 0 Å². The zero-order valence-electron chi connectivity index (χ0n) is 14.0. The van der Waals surface area contributed by atoms with Crippen LogP contribution in [-0.2, 0) is 7.05 Å². The molecule has 0 spiro atoms. The SMILES string of the molecule is Cc1ccc(C)c([C@H](C)NC(=O)NC[C@H](O)c2cnn(C)c2)c1. The molecule has 6 nitrogen and oxygen atoms in total. The van der Waals surface area contributed by atoms with Crippen molar-refractivity contribution in [2.24, 2.45) is 7.05 Å². The van der Waals surface area contributed by atoms with Crippen LogP contribution >= 0.6 is 0 Å². The number of aliphatic hydroxyl groups excluding tert-OH is 1. The van der Waals surface area contributed by atoms with E-state index in [1.165, 1.54) is 0 Å². The molecule has 1 aromatic heterocycles. The highest BCUT2D eigenvalue weighted by Crippen LogP contribution is 2.18. The standard InChI is InChI=1S/C17H24N4O2/c1-11-5-6-12(2)15(7-11)13(3)20-17(23)18-9-16(22)14-8-19-21(4)10-14/h5-8,10,13,16,22H,9H2,1-4H3,(H2,18,20,23)/t13-,16-/m0/s1. The number of hydrogen-bond acceptors (Lipinski definition) is 3. The highest BCUT2D eigenvalue weighted by atomic mass is 16.3. The molecule has 0 saturated carbocycles. The van der Waals surface area contributed by atoms with Gasteiger partial charge in [0.2, 0.25) is 0 Å². The maximum absolute atomic E-state index is 12.0. The summed E-state index contributed by atoms with van der Waals surface area (Å²) >= 11 is 0. The molecule has 124 valence electrons. The number of hydrogen-bond donors (Lipinski definition) is 3. The van der Waals surface area contributed by atoms with Crippen molar-refractivity contribution in [1.29, 1.82) is 0 Å². The third kappa shape index (κ3) is 4.56. The summed E-state index contributed by atoms with van der Waals surface area (Å²) in [6, 6.07) is 5.76. The van der Waals surface area contributed by atoms with Gasteiger partial charge in [0.15, 0.2) is 0 Å². The fraction of sp³-hybridized carbons (Fsp3) is 0.412. The Hall–Kier alpha value is -2.34. The Morgan fingerprint density at radius 1 is 1.39 bits per heavy atom. The van der Waals surface area contributed by atoms with Gasteiger partial charge in [0.25, 0.3) is 0 Å². The number of carbonyl (C=O) groups is 1. The molecule has 0 radical (unpaired) electrons. The van der Waals surface area contributed by atoms with Crippen LogP contribution in [0.25, 0.3) is 0 Å². The number of urea groups is 1. The maximum atomic E-state index is 12.0. The van der Waals surface area contributed by atoms with Crippen molar-refractivity contribution in [3.63, 3.8) is 0 Å². The third-order valence-electron chi connectivity index (χ3n) is 3.81. The van der Waals surface area contributed by atoms with Gasteiger partial charge in [-0.05, 0) is 31.9 Å². The van der Waals surface area contributed by atoms with Gasteiger partial charge in [0.05, 0.1) is 18.3 Å². The quantitative estimate of drug-likeness (QED) is 0.790. The first-order valence-corrected chi connectivity index (χ1v) is 7.65. The van der Waals surface area contributed by atoms with E-state index in [-0.39, 0.29) is 18.6 Å². The molecule has 0 saturated heterocycles.